The molecule has 0 bridgehead atoms. The second-order valence-corrected chi connectivity index (χ2v) is 2.93. The Morgan fingerprint density at radius 3 is 2.92 bits per heavy atom. The molecule has 62 valence electrons. The first-order chi connectivity index (χ1) is 5.74. The van der Waals surface area contributed by atoms with E-state index in [0.29, 0.717) is 6.42 Å². The average molecular weight is 160 g/mol. The summed E-state index contributed by atoms with van der Waals surface area (Å²) in [6.45, 7) is 2.03. The van der Waals surface area contributed by atoms with Crippen LogP contribution in [0.1, 0.15) is 24.8 Å². The molecular weight excluding hydrogens is 148 g/mol. The van der Waals surface area contributed by atoms with Crippen LogP contribution in [-0.4, -0.2) is 0 Å². The molecule has 0 aliphatic carbocycles. The first kappa shape index (κ1) is 8.61. The van der Waals surface area contributed by atoms with E-state index < -0.39 is 0 Å². The van der Waals surface area contributed by atoms with E-state index in [4.69, 9.17) is 11.0 Å². The van der Waals surface area contributed by atoms with Crippen LogP contribution in [0.3, 0.4) is 0 Å². The van der Waals surface area contributed by atoms with Crippen LogP contribution >= 0.6 is 0 Å². The zero-order valence-electron chi connectivity index (χ0n) is 7.12. The molecule has 0 amide bonds. The van der Waals surface area contributed by atoms with Crippen molar-refractivity contribution in [2.75, 3.05) is 5.73 Å². The van der Waals surface area contributed by atoms with Gasteiger partial charge in [-0.15, -0.1) is 0 Å². The van der Waals surface area contributed by atoms with Crippen LogP contribution in [0.5, 0.6) is 0 Å². The molecule has 0 heterocycles. The SMILES string of the molecule is CC(CC#N)c1cccc(N)c1. The molecule has 1 aromatic rings. The fraction of sp³-hybridized carbons (Fsp3) is 0.300. The molecule has 1 unspecified atom stereocenters. The average Bonchev–Trinajstić information content (AvgIpc) is 2.05. The normalized spacial score (nSPS) is 12.0. The summed E-state index contributed by atoms with van der Waals surface area (Å²) in [5.41, 5.74) is 7.51. The van der Waals surface area contributed by atoms with Crippen LogP contribution in [0.4, 0.5) is 5.69 Å². The zero-order valence-corrected chi connectivity index (χ0v) is 7.12. The maximum Gasteiger partial charge on any atom is 0.0628 e. The Kier molecular flexibility index (Phi) is 2.71. The molecule has 0 fully saturated rings. The summed E-state index contributed by atoms with van der Waals surface area (Å²) in [6, 6.07) is 9.83. The predicted molar refractivity (Wildman–Crippen MR) is 49.5 cm³/mol. The Morgan fingerprint density at radius 1 is 1.58 bits per heavy atom. The van der Waals surface area contributed by atoms with E-state index in [-0.39, 0.29) is 5.92 Å². The van der Waals surface area contributed by atoms with Crippen LogP contribution in [-0.2, 0) is 0 Å². The van der Waals surface area contributed by atoms with E-state index in [9.17, 15) is 0 Å². The largest absolute Gasteiger partial charge is 0.399 e. The number of nitrogens with two attached hydrogens (primary N) is 1. The van der Waals surface area contributed by atoms with E-state index in [1.807, 2.05) is 31.2 Å². The number of nitriles is 1. The molecule has 1 aromatic carbocycles. The van der Waals surface area contributed by atoms with Gasteiger partial charge in [-0.2, -0.15) is 5.26 Å². The molecule has 1 rings (SSSR count). The molecule has 2 nitrogen and oxygen atoms in total. The van der Waals surface area contributed by atoms with Gasteiger partial charge >= 0.3 is 0 Å². The molecule has 2 heteroatoms. The maximum absolute atomic E-state index is 8.49. The van der Waals surface area contributed by atoms with Gasteiger partial charge in [-0.05, 0) is 23.6 Å². The molecular formula is C10H12N2. The van der Waals surface area contributed by atoms with Crippen molar-refractivity contribution in [3.05, 3.63) is 29.8 Å². The first-order valence-electron chi connectivity index (χ1n) is 3.96. The first-order valence-corrected chi connectivity index (χ1v) is 3.96. The van der Waals surface area contributed by atoms with Crippen molar-refractivity contribution in [3.8, 4) is 6.07 Å². The van der Waals surface area contributed by atoms with Crippen molar-refractivity contribution in [1.29, 1.82) is 5.26 Å². The second kappa shape index (κ2) is 3.77. The Morgan fingerprint density at radius 2 is 2.33 bits per heavy atom. The van der Waals surface area contributed by atoms with Gasteiger partial charge in [0.2, 0.25) is 0 Å². The van der Waals surface area contributed by atoms with Crippen molar-refractivity contribution in [2.45, 2.75) is 19.3 Å². The van der Waals surface area contributed by atoms with Gasteiger partial charge in [-0.25, -0.2) is 0 Å². The van der Waals surface area contributed by atoms with Crippen molar-refractivity contribution in [2.24, 2.45) is 0 Å². The summed E-state index contributed by atoms with van der Waals surface area (Å²) < 4.78 is 0. The van der Waals surface area contributed by atoms with Crippen LogP contribution in [0.15, 0.2) is 24.3 Å². The molecule has 0 spiro atoms. The molecule has 0 aliphatic rings. The molecule has 0 radical (unpaired) electrons. The number of anilines is 1. The minimum atomic E-state index is 0.276. The fourth-order valence-corrected chi connectivity index (χ4v) is 1.12. The third-order valence-electron chi connectivity index (χ3n) is 1.88. The van der Waals surface area contributed by atoms with Gasteiger partial charge in [0.05, 0.1) is 6.07 Å². The highest BCUT2D eigenvalue weighted by molar-refractivity contribution is 5.41. The van der Waals surface area contributed by atoms with Crippen molar-refractivity contribution < 1.29 is 0 Å². The van der Waals surface area contributed by atoms with E-state index in [1.165, 1.54) is 0 Å². The molecule has 0 saturated heterocycles. The third kappa shape index (κ3) is 2.00. The molecule has 0 aromatic heterocycles. The smallest absolute Gasteiger partial charge is 0.0628 e. The van der Waals surface area contributed by atoms with Gasteiger partial charge in [-0.3, -0.25) is 0 Å². The van der Waals surface area contributed by atoms with Gasteiger partial charge in [0.25, 0.3) is 0 Å². The van der Waals surface area contributed by atoms with Crippen LogP contribution < -0.4 is 5.73 Å². The van der Waals surface area contributed by atoms with E-state index >= 15 is 0 Å². The van der Waals surface area contributed by atoms with Crippen molar-refractivity contribution >= 4 is 5.69 Å². The number of hydrogen-bond donors (Lipinski definition) is 1. The number of rotatable bonds is 2. The lowest BCUT2D eigenvalue weighted by atomic mass is 9.98. The highest BCUT2D eigenvalue weighted by Crippen LogP contribution is 2.19. The fourth-order valence-electron chi connectivity index (χ4n) is 1.12. The van der Waals surface area contributed by atoms with E-state index in [0.717, 1.165) is 11.3 Å². The van der Waals surface area contributed by atoms with Crippen LogP contribution in [0, 0.1) is 11.3 Å². The van der Waals surface area contributed by atoms with Gasteiger partial charge in [-0.1, -0.05) is 19.1 Å². The van der Waals surface area contributed by atoms with Crippen LogP contribution in [0.2, 0.25) is 0 Å². The molecule has 12 heavy (non-hydrogen) atoms. The monoisotopic (exact) mass is 160 g/mol. The lowest BCUT2D eigenvalue weighted by Gasteiger charge is -2.07. The minimum Gasteiger partial charge on any atom is -0.399 e. The number of nitrogens with zero attached hydrogens (tertiary/aromatic N) is 1. The zero-order chi connectivity index (χ0) is 8.97. The number of benzene rings is 1. The highest BCUT2D eigenvalue weighted by Gasteiger charge is 2.03. The summed E-state index contributed by atoms with van der Waals surface area (Å²) in [5.74, 6) is 0.276. The van der Waals surface area contributed by atoms with Gasteiger partial charge in [0.1, 0.15) is 0 Å². The Labute approximate surface area is 72.6 Å². The lowest BCUT2D eigenvalue weighted by molar-refractivity contribution is 0.789. The van der Waals surface area contributed by atoms with Crippen molar-refractivity contribution in [3.63, 3.8) is 0 Å². The third-order valence-corrected chi connectivity index (χ3v) is 1.88. The van der Waals surface area contributed by atoms with Gasteiger partial charge in [0, 0.05) is 12.1 Å². The number of nitrogen functional groups attached to an aromatic ring is 1. The summed E-state index contributed by atoms with van der Waals surface area (Å²) in [4.78, 5) is 0. The Bertz CT molecular complexity index is 299. The molecule has 0 saturated carbocycles. The predicted octanol–water partition coefficient (Wildman–Crippen LogP) is 2.29. The topological polar surface area (TPSA) is 49.8 Å². The highest BCUT2D eigenvalue weighted by atomic mass is 14.5. The van der Waals surface area contributed by atoms with E-state index in [2.05, 4.69) is 6.07 Å². The molecule has 0 aliphatic heterocycles. The Balaban J connectivity index is 2.82. The Hall–Kier alpha value is -1.49. The molecule has 2 N–H and O–H groups in total. The summed E-state index contributed by atoms with van der Waals surface area (Å²) in [5, 5.41) is 8.49. The van der Waals surface area contributed by atoms with Crippen LogP contribution in [0.25, 0.3) is 0 Å². The van der Waals surface area contributed by atoms with Gasteiger partial charge in [0.15, 0.2) is 0 Å². The lowest BCUT2D eigenvalue weighted by Crippen LogP contribution is -1.93. The molecule has 1 atom stereocenters. The standard InChI is InChI=1S/C10H12N2/c1-8(5-6-11)9-3-2-4-10(12)7-9/h2-4,7-8H,5,12H2,1H3. The number of hydrogen-bond acceptors (Lipinski definition) is 2. The summed E-state index contributed by atoms with van der Waals surface area (Å²) in [7, 11) is 0. The summed E-state index contributed by atoms with van der Waals surface area (Å²) in [6.07, 6.45) is 0.545. The van der Waals surface area contributed by atoms with Gasteiger partial charge < -0.3 is 5.73 Å². The maximum atomic E-state index is 8.49. The van der Waals surface area contributed by atoms with E-state index in [1.54, 1.807) is 0 Å². The summed E-state index contributed by atoms with van der Waals surface area (Å²) >= 11 is 0. The van der Waals surface area contributed by atoms with Crippen molar-refractivity contribution in [1.82, 2.24) is 0 Å². The minimum absolute atomic E-state index is 0.276. The second-order valence-electron chi connectivity index (χ2n) is 2.93. The quantitative estimate of drug-likeness (QED) is 0.675.